The second kappa shape index (κ2) is 8.39. The SMILES string of the molecule is CC(C)NCC(O)COc1ccc(CNC(N)=O)cc1. The van der Waals surface area contributed by atoms with Crippen molar-refractivity contribution in [1.82, 2.24) is 10.6 Å². The lowest BCUT2D eigenvalue weighted by Crippen LogP contribution is -2.35. The van der Waals surface area contributed by atoms with E-state index >= 15 is 0 Å². The van der Waals surface area contributed by atoms with Gasteiger partial charge in [0, 0.05) is 19.1 Å². The molecule has 0 aliphatic heterocycles. The third-order valence-corrected chi connectivity index (χ3v) is 2.59. The van der Waals surface area contributed by atoms with Gasteiger partial charge in [0.05, 0.1) is 0 Å². The van der Waals surface area contributed by atoms with Gasteiger partial charge >= 0.3 is 6.03 Å². The molecular formula is C14H23N3O3. The maximum atomic E-state index is 10.6. The molecular weight excluding hydrogens is 258 g/mol. The lowest BCUT2D eigenvalue weighted by atomic mass is 10.2. The van der Waals surface area contributed by atoms with Gasteiger partial charge in [-0.25, -0.2) is 4.79 Å². The van der Waals surface area contributed by atoms with E-state index in [2.05, 4.69) is 10.6 Å². The highest BCUT2D eigenvalue weighted by atomic mass is 16.5. The molecule has 2 amide bonds. The van der Waals surface area contributed by atoms with Crippen molar-refractivity contribution in [1.29, 1.82) is 0 Å². The molecule has 0 bridgehead atoms. The summed E-state index contributed by atoms with van der Waals surface area (Å²) < 4.78 is 5.48. The van der Waals surface area contributed by atoms with Gasteiger partial charge in [-0.3, -0.25) is 0 Å². The number of hydrogen-bond acceptors (Lipinski definition) is 4. The van der Waals surface area contributed by atoms with Crippen LogP contribution in [-0.4, -0.2) is 36.4 Å². The highest BCUT2D eigenvalue weighted by Crippen LogP contribution is 2.12. The molecule has 0 aromatic heterocycles. The fourth-order valence-corrected chi connectivity index (χ4v) is 1.52. The molecule has 112 valence electrons. The minimum absolute atomic E-state index is 0.235. The lowest BCUT2D eigenvalue weighted by Gasteiger charge is -2.15. The second-order valence-corrected chi connectivity index (χ2v) is 4.89. The van der Waals surface area contributed by atoms with Crippen LogP contribution in [0.5, 0.6) is 5.75 Å². The minimum Gasteiger partial charge on any atom is -0.491 e. The lowest BCUT2D eigenvalue weighted by molar-refractivity contribution is 0.104. The molecule has 0 aliphatic carbocycles. The number of rotatable bonds is 8. The Balaban J connectivity index is 2.32. The number of aliphatic hydroxyl groups excluding tert-OH is 1. The van der Waals surface area contributed by atoms with E-state index < -0.39 is 12.1 Å². The van der Waals surface area contributed by atoms with Gasteiger partial charge in [-0.15, -0.1) is 0 Å². The first-order valence-electron chi connectivity index (χ1n) is 6.64. The average molecular weight is 281 g/mol. The topological polar surface area (TPSA) is 96.6 Å². The maximum Gasteiger partial charge on any atom is 0.312 e. The molecule has 0 aliphatic rings. The van der Waals surface area contributed by atoms with Gasteiger partial charge in [0.25, 0.3) is 0 Å². The number of aliphatic hydroxyl groups is 1. The monoisotopic (exact) mass is 281 g/mol. The van der Waals surface area contributed by atoms with Crippen LogP contribution in [0, 0.1) is 0 Å². The molecule has 1 aromatic rings. The van der Waals surface area contributed by atoms with Gasteiger partial charge in [0.1, 0.15) is 18.5 Å². The molecule has 20 heavy (non-hydrogen) atoms. The summed E-state index contributed by atoms with van der Waals surface area (Å²) in [6.45, 7) is 5.16. The highest BCUT2D eigenvalue weighted by molar-refractivity contribution is 5.71. The molecule has 5 N–H and O–H groups in total. The Morgan fingerprint density at radius 3 is 2.55 bits per heavy atom. The standard InChI is InChI=1S/C14H23N3O3/c1-10(2)16-8-12(18)9-20-13-5-3-11(4-6-13)7-17-14(15)19/h3-6,10,12,16,18H,7-9H2,1-2H3,(H3,15,17,19). The van der Waals surface area contributed by atoms with Crippen molar-refractivity contribution in [2.75, 3.05) is 13.2 Å². The van der Waals surface area contributed by atoms with Gasteiger partial charge < -0.3 is 26.2 Å². The highest BCUT2D eigenvalue weighted by Gasteiger charge is 2.06. The zero-order valence-corrected chi connectivity index (χ0v) is 11.9. The number of ether oxygens (including phenoxy) is 1. The minimum atomic E-state index is -0.550. The predicted octanol–water partition coefficient (Wildman–Crippen LogP) is 0.593. The number of urea groups is 1. The zero-order chi connectivity index (χ0) is 15.0. The summed E-state index contributed by atoms with van der Waals surface area (Å²) in [6, 6.07) is 7.04. The summed E-state index contributed by atoms with van der Waals surface area (Å²) >= 11 is 0. The van der Waals surface area contributed by atoms with Crippen molar-refractivity contribution >= 4 is 6.03 Å². The average Bonchev–Trinajstić information content (AvgIpc) is 2.41. The van der Waals surface area contributed by atoms with E-state index in [1.807, 2.05) is 26.0 Å². The Hall–Kier alpha value is -1.79. The van der Waals surface area contributed by atoms with Crippen LogP contribution in [0.4, 0.5) is 4.79 Å². The van der Waals surface area contributed by atoms with E-state index in [-0.39, 0.29) is 6.61 Å². The summed E-state index contributed by atoms with van der Waals surface area (Å²) in [4.78, 5) is 10.6. The third-order valence-electron chi connectivity index (χ3n) is 2.59. The van der Waals surface area contributed by atoms with Crippen molar-refractivity contribution < 1.29 is 14.6 Å². The summed E-state index contributed by atoms with van der Waals surface area (Å²) in [5, 5.41) is 15.4. The van der Waals surface area contributed by atoms with Crippen LogP contribution in [0.15, 0.2) is 24.3 Å². The smallest absolute Gasteiger partial charge is 0.312 e. The van der Waals surface area contributed by atoms with Crippen molar-refractivity contribution in [3.8, 4) is 5.75 Å². The third kappa shape index (κ3) is 6.96. The number of hydrogen-bond donors (Lipinski definition) is 4. The van der Waals surface area contributed by atoms with E-state index in [1.54, 1.807) is 12.1 Å². The van der Waals surface area contributed by atoms with Gasteiger partial charge in [0.15, 0.2) is 0 Å². The maximum absolute atomic E-state index is 10.6. The van der Waals surface area contributed by atoms with Crippen LogP contribution in [0.3, 0.4) is 0 Å². The Labute approximate surface area is 119 Å². The van der Waals surface area contributed by atoms with Crippen molar-refractivity contribution in [3.05, 3.63) is 29.8 Å². The van der Waals surface area contributed by atoms with Gasteiger partial charge in [-0.05, 0) is 17.7 Å². The molecule has 1 unspecified atom stereocenters. The molecule has 6 heteroatoms. The summed E-state index contributed by atoms with van der Waals surface area (Å²) in [6.07, 6.45) is -0.548. The van der Waals surface area contributed by atoms with Gasteiger partial charge in [0.2, 0.25) is 0 Å². The largest absolute Gasteiger partial charge is 0.491 e. The van der Waals surface area contributed by atoms with E-state index in [9.17, 15) is 9.90 Å². The summed E-state index contributed by atoms with van der Waals surface area (Å²) in [5.74, 6) is 0.677. The fraction of sp³-hybridized carbons (Fsp3) is 0.500. The van der Waals surface area contributed by atoms with Gasteiger partial charge in [-0.2, -0.15) is 0 Å². The Bertz CT molecular complexity index is 407. The molecule has 1 aromatic carbocycles. The van der Waals surface area contributed by atoms with E-state index in [0.29, 0.717) is 24.9 Å². The zero-order valence-electron chi connectivity index (χ0n) is 11.9. The number of benzene rings is 1. The first-order valence-corrected chi connectivity index (χ1v) is 6.64. The van der Waals surface area contributed by atoms with E-state index in [1.165, 1.54) is 0 Å². The van der Waals surface area contributed by atoms with Crippen LogP contribution >= 0.6 is 0 Å². The second-order valence-electron chi connectivity index (χ2n) is 4.89. The van der Waals surface area contributed by atoms with E-state index in [4.69, 9.17) is 10.5 Å². The van der Waals surface area contributed by atoms with Crippen molar-refractivity contribution in [2.24, 2.45) is 5.73 Å². The Morgan fingerprint density at radius 1 is 1.35 bits per heavy atom. The van der Waals surface area contributed by atoms with Crippen LogP contribution in [0.2, 0.25) is 0 Å². The normalized spacial score (nSPS) is 12.2. The molecule has 0 saturated carbocycles. The number of carbonyl (C=O) groups excluding carboxylic acids is 1. The molecule has 6 nitrogen and oxygen atoms in total. The number of primary amides is 1. The van der Waals surface area contributed by atoms with Crippen LogP contribution in [0.25, 0.3) is 0 Å². The molecule has 0 saturated heterocycles. The predicted molar refractivity (Wildman–Crippen MR) is 77.5 cm³/mol. The summed E-state index contributed by atoms with van der Waals surface area (Å²) in [7, 11) is 0. The number of nitrogens with two attached hydrogens (primary N) is 1. The molecule has 0 fully saturated rings. The van der Waals surface area contributed by atoms with Crippen molar-refractivity contribution in [2.45, 2.75) is 32.5 Å². The summed E-state index contributed by atoms with van der Waals surface area (Å²) in [5.41, 5.74) is 5.92. The quantitative estimate of drug-likeness (QED) is 0.561. The molecule has 1 atom stereocenters. The first kappa shape index (κ1) is 16.3. The number of amides is 2. The van der Waals surface area contributed by atoms with Gasteiger partial charge in [-0.1, -0.05) is 26.0 Å². The fourth-order valence-electron chi connectivity index (χ4n) is 1.52. The molecule has 1 rings (SSSR count). The number of carbonyl (C=O) groups is 1. The van der Waals surface area contributed by atoms with Crippen molar-refractivity contribution in [3.63, 3.8) is 0 Å². The van der Waals surface area contributed by atoms with Crippen LogP contribution in [-0.2, 0) is 6.54 Å². The van der Waals surface area contributed by atoms with Crippen LogP contribution < -0.4 is 21.1 Å². The first-order chi connectivity index (χ1) is 9.47. The Kier molecular flexibility index (Phi) is 6.83. The van der Waals surface area contributed by atoms with Crippen LogP contribution in [0.1, 0.15) is 19.4 Å². The molecule has 0 radical (unpaired) electrons. The molecule has 0 heterocycles. The van der Waals surface area contributed by atoms with E-state index in [0.717, 1.165) is 5.56 Å². The molecule has 0 spiro atoms. The Morgan fingerprint density at radius 2 is 2.00 bits per heavy atom. The number of nitrogens with one attached hydrogen (secondary N) is 2.